The van der Waals surface area contributed by atoms with E-state index in [-0.39, 0.29) is 36.2 Å². The van der Waals surface area contributed by atoms with Gasteiger partial charge in [-0.25, -0.2) is 0 Å². The molecule has 0 aliphatic carbocycles. The van der Waals surface area contributed by atoms with Gasteiger partial charge in [0.05, 0.1) is 36.0 Å². The maximum absolute atomic E-state index is 12.9. The van der Waals surface area contributed by atoms with Crippen LogP contribution >= 0.6 is 11.8 Å². The molecule has 0 saturated carbocycles. The second-order valence-corrected chi connectivity index (χ2v) is 8.60. The van der Waals surface area contributed by atoms with Gasteiger partial charge in [-0.15, -0.1) is 16.8 Å². The van der Waals surface area contributed by atoms with Crippen molar-refractivity contribution in [3.8, 4) is 5.75 Å². The lowest BCUT2D eigenvalue weighted by atomic mass is 10.2. The Morgan fingerprint density at radius 3 is 2.74 bits per heavy atom. The van der Waals surface area contributed by atoms with Crippen LogP contribution in [0.3, 0.4) is 0 Å². The molecule has 0 radical (unpaired) electrons. The van der Waals surface area contributed by atoms with Crippen molar-refractivity contribution < 1.29 is 14.3 Å². The zero-order valence-corrected chi connectivity index (χ0v) is 20.1. The van der Waals surface area contributed by atoms with E-state index in [1.165, 1.54) is 11.7 Å². The van der Waals surface area contributed by atoms with E-state index in [4.69, 9.17) is 4.74 Å². The number of carbonyl (C=O) groups excluding carboxylic acids is 2. The van der Waals surface area contributed by atoms with Gasteiger partial charge < -0.3 is 15.4 Å². The fourth-order valence-corrected chi connectivity index (χ4v) is 4.36. The molecule has 180 valence electrons. The van der Waals surface area contributed by atoms with Crippen molar-refractivity contribution in [1.82, 2.24) is 24.5 Å². The number of carbonyl (C=O) groups is 2. The minimum Gasteiger partial charge on any atom is -0.495 e. The highest BCUT2D eigenvalue weighted by Crippen LogP contribution is 2.25. The summed E-state index contributed by atoms with van der Waals surface area (Å²) >= 11 is 1.16. The molecule has 11 heteroatoms. The number of hydrogen-bond acceptors (Lipinski definition) is 7. The van der Waals surface area contributed by atoms with Gasteiger partial charge in [-0.3, -0.25) is 23.4 Å². The number of aromatic nitrogens is 4. The number of amides is 2. The van der Waals surface area contributed by atoms with Crippen LogP contribution in [0, 0.1) is 6.92 Å². The minimum atomic E-state index is -0.375. The molecule has 0 fully saturated rings. The van der Waals surface area contributed by atoms with Crippen LogP contribution < -0.4 is 20.9 Å². The Morgan fingerprint density at radius 1 is 1.17 bits per heavy atom. The molecular weight excluding hydrogens is 468 g/mol. The molecule has 2 aromatic carbocycles. The van der Waals surface area contributed by atoms with E-state index in [0.29, 0.717) is 33.3 Å². The molecule has 0 aliphatic heterocycles. The van der Waals surface area contributed by atoms with Crippen molar-refractivity contribution in [2.24, 2.45) is 0 Å². The number of methoxy groups -OCH3 is 1. The molecule has 2 heterocycles. The summed E-state index contributed by atoms with van der Waals surface area (Å²) in [5.74, 6) is 0.188. The van der Waals surface area contributed by atoms with Crippen LogP contribution in [-0.4, -0.2) is 50.4 Å². The third-order valence-electron chi connectivity index (χ3n) is 5.20. The first kappa shape index (κ1) is 24.0. The fraction of sp³-hybridized carbons (Fsp3) is 0.208. The maximum Gasteiger partial charge on any atom is 0.263 e. The minimum absolute atomic E-state index is 0.0107. The van der Waals surface area contributed by atoms with E-state index < -0.39 is 0 Å². The number of anilines is 1. The van der Waals surface area contributed by atoms with Crippen LogP contribution in [0.4, 0.5) is 5.69 Å². The smallest absolute Gasteiger partial charge is 0.263 e. The average Bonchev–Trinajstić information content (AvgIpc) is 3.28. The first-order chi connectivity index (χ1) is 16.9. The molecule has 35 heavy (non-hydrogen) atoms. The first-order valence-electron chi connectivity index (χ1n) is 10.7. The lowest BCUT2D eigenvalue weighted by molar-refractivity contribution is -0.122. The number of hydrogen-bond donors (Lipinski definition) is 2. The topological polar surface area (TPSA) is 120 Å². The molecule has 2 N–H and O–H groups in total. The molecule has 0 unspecified atom stereocenters. The van der Waals surface area contributed by atoms with E-state index in [0.717, 1.165) is 17.3 Å². The SMILES string of the molecule is C=CCn1c(=O)c2ccccc2n2c(SCC(=O)NCC(=O)Nc3cc(C)ccc3OC)nnc12. The van der Waals surface area contributed by atoms with Crippen LogP contribution in [-0.2, 0) is 16.1 Å². The number of nitrogens with zero attached hydrogens (tertiary/aromatic N) is 4. The Balaban J connectivity index is 1.45. The Labute approximate surface area is 205 Å². The molecular formula is C24H24N6O4S. The van der Waals surface area contributed by atoms with Crippen LogP contribution in [0.2, 0.25) is 0 Å². The zero-order chi connectivity index (χ0) is 24.9. The Bertz CT molecular complexity index is 1490. The summed E-state index contributed by atoms with van der Waals surface area (Å²) in [6, 6.07) is 12.6. The van der Waals surface area contributed by atoms with Gasteiger partial charge in [0, 0.05) is 6.54 Å². The van der Waals surface area contributed by atoms with Crippen molar-refractivity contribution in [3.63, 3.8) is 0 Å². The normalized spacial score (nSPS) is 10.9. The molecule has 4 aromatic rings. The van der Waals surface area contributed by atoms with E-state index in [9.17, 15) is 14.4 Å². The van der Waals surface area contributed by atoms with Gasteiger partial charge in [-0.1, -0.05) is 36.0 Å². The summed E-state index contributed by atoms with van der Waals surface area (Å²) in [6.07, 6.45) is 1.61. The third-order valence-corrected chi connectivity index (χ3v) is 6.13. The van der Waals surface area contributed by atoms with Crippen molar-refractivity contribution in [2.75, 3.05) is 24.7 Å². The Kier molecular flexibility index (Phi) is 7.16. The Morgan fingerprint density at radius 2 is 1.97 bits per heavy atom. The lowest BCUT2D eigenvalue weighted by Gasteiger charge is -2.11. The van der Waals surface area contributed by atoms with Gasteiger partial charge in [0.15, 0.2) is 5.16 Å². The average molecular weight is 493 g/mol. The van der Waals surface area contributed by atoms with Gasteiger partial charge in [0.1, 0.15) is 5.75 Å². The van der Waals surface area contributed by atoms with Gasteiger partial charge >= 0.3 is 0 Å². The van der Waals surface area contributed by atoms with Gasteiger partial charge in [0.25, 0.3) is 5.56 Å². The van der Waals surface area contributed by atoms with Crippen LogP contribution in [0.25, 0.3) is 16.7 Å². The van der Waals surface area contributed by atoms with Crippen molar-refractivity contribution in [1.29, 1.82) is 0 Å². The van der Waals surface area contributed by atoms with Gasteiger partial charge in [-0.05, 0) is 36.8 Å². The van der Waals surface area contributed by atoms with Crippen molar-refractivity contribution in [2.45, 2.75) is 18.6 Å². The van der Waals surface area contributed by atoms with E-state index >= 15 is 0 Å². The molecule has 0 aliphatic rings. The zero-order valence-electron chi connectivity index (χ0n) is 19.3. The van der Waals surface area contributed by atoms with Crippen molar-refractivity contribution >= 4 is 45.9 Å². The summed E-state index contributed by atoms with van der Waals surface area (Å²) in [6.45, 7) is 5.69. The molecule has 2 aromatic heterocycles. The summed E-state index contributed by atoms with van der Waals surface area (Å²) in [5.41, 5.74) is 1.96. The van der Waals surface area contributed by atoms with Crippen LogP contribution in [0.1, 0.15) is 5.56 Å². The maximum atomic E-state index is 12.9. The standard InChI is InChI=1S/C24H24N6O4S/c1-4-11-29-22(33)16-7-5-6-8-18(16)30-23(29)27-28-24(30)35-14-21(32)25-13-20(31)26-17-12-15(2)9-10-19(17)34-3/h4-10,12H,1,11,13-14H2,2-3H3,(H,25,32)(H,26,31). The summed E-state index contributed by atoms with van der Waals surface area (Å²) in [5, 5.41) is 14.7. The molecule has 2 amide bonds. The third kappa shape index (κ3) is 5.04. The summed E-state index contributed by atoms with van der Waals surface area (Å²) in [7, 11) is 1.52. The molecule has 10 nitrogen and oxygen atoms in total. The highest BCUT2D eigenvalue weighted by atomic mass is 32.2. The van der Waals surface area contributed by atoms with E-state index in [1.54, 1.807) is 40.8 Å². The molecule has 0 bridgehead atoms. The summed E-state index contributed by atoms with van der Waals surface area (Å²) < 4.78 is 8.48. The van der Waals surface area contributed by atoms with Gasteiger partial charge in [-0.2, -0.15) is 0 Å². The predicted molar refractivity (Wildman–Crippen MR) is 135 cm³/mol. The number of fused-ring (bicyclic) bond motifs is 3. The van der Waals surface area contributed by atoms with Gasteiger partial charge in [0.2, 0.25) is 17.6 Å². The number of ether oxygens (including phenoxy) is 1. The van der Waals surface area contributed by atoms with Crippen LogP contribution in [0.15, 0.2) is 65.1 Å². The fourth-order valence-electron chi connectivity index (χ4n) is 3.59. The van der Waals surface area contributed by atoms with Crippen LogP contribution in [0.5, 0.6) is 5.75 Å². The number of para-hydroxylation sites is 1. The lowest BCUT2D eigenvalue weighted by Crippen LogP contribution is -2.34. The number of rotatable bonds is 9. The molecule has 0 saturated heterocycles. The second-order valence-electron chi connectivity index (χ2n) is 7.66. The number of aryl methyl sites for hydroxylation is 1. The highest BCUT2D eigenvalue weighted by Gasteiger charge is 2.17. The number of benzene rings is 2. The van der Waals surface area contributed by atoms with E-state index in [2.05, 4.69) is 27.4 Å². The number of thioether (sulfide) groups is 1. The van der Waals surface area contributed by atoms with E-state index in [1.807, 2.05) is 19.1 Å². The predicted octanol–water partition coefficient (Wildman–Crippen LogP) is 2.39. The summed E-state index contributed by atoms with van der Waals surface area (Å²) in [4.78, 5) is 37.6. The molecule has 4 rings (SSSR count). The number of nitrogens with one attached hydrogen (secondary N) is 2. The second kappa shape index (κ2) is 10.4. The monoisotopic (exact) mass is 492 g/mol. The van der Waals surface area contributed by atoms with Crippen molar-refractivity contribution in [3.05, 3.63) is 71.0 Å². The molecule has 0 atom stereocenters. The number of allylic oxidation sites excluding steroid dienone is 1. The molecule has 0 spiro atoms. The first-order valence-corrected chi connectivity index (χ1v) is 11.7. The quantitative estimate of drug-likeness (QED) is 0.272. The highest BCUT2D eigenvalue weighted by molar-refractivity contribution is 7.99. The Hall–Kier alpha value is -4.12. The largest absolute Gasteiger partial charge is 0.495 e.